The minimum Gasteiger partial charge on any atom is -0.192 e. The molecule has 21 heavy (non-hydrogen) atoms. The monoisotopic (exact) mass is 336 g/mol. The molecule has 0 N–H and O–H groups in total. The van der Waals surface area contributed by atoms with Crippen LogP contribution in [0.1, 0.15) is 11.1 Å². The summed E-state index contributed by atoms with van der Waals surface area (Å²) in [5.74, 6) is 0. The first-order valence-corrected chi connectivity index (χ1v) is 9.69. The van der Waals surface area contributed by atoms with Crippen molar-refractivity contribution in [1.82, 2.24) is 0 Å². The van der Waals surface area contributed by atoms with Gasteiger partial charge in [0.05, 0.1) is 0 Å². The van der Waals surface area contributed by atoms with Crippen LogP contribution < -0.4 is 0 Å². The van der Waals surface area contributed by atoms with Gasteiger partial charge in [-0.25, -0.2) is 0 Å². The fourth-order valence-corrected chi connectivity index (χ4v) is 5.62. The van der Waals surface area contributed by atoms with Gasteiger partial charge >= 0.3 is 0 Å². The summed E-state index contributed by atoms with van der Waals surface area (Å²) in [6, 6.07) is 12.0. The largest absolute Gasteiger partial charge is 0.192 e. The highest BCUT2D eigenvalue weighted by Crippen LogP contribution is 2.60. The summed E-state index contributed by atoms with van der Waals surface area (Å²) in [5.41, 5.74) is 1.99. The van der Waals surface area contributed by atoms with Crippen LogP contribution in [0, 0.1) is 0 Å². The van der Waals surface area contributed by atoms with E-state index in [1.165, 1.54) is 9.79 Å². The smallest absolute Gasteiger partial charge is 0.0488 e. The van der Waals surface area contributed by atoms with Gasteiger partial charge < -0.3 is 0 Å². The van der Waals surface area contributed by atoms with Crippen LogP contribution in [0.2, 0.25) is 10.0 Å². The zero-order chi connectivity index (χ0) is 15.6. The Morgan fingerprint density at radius 3 is 1.52 bits per heavy atom. The molecule has 0 aliphatic heterocycles. The van der Waals surface area contributed by atoms with E-state index in [0.29, 0.717) is 0 Å². The Balaban J connectivity index is 2.74. The first-order valence-electron chi connectivity index (χ1n) is 6.48. The molecule has 0 spiro atoms. The van der Waals surface area contributed by atoms with Crippen LogP contribution in [0.25, 0.3) is 12.2 Å². The molecule has 0 bridgehead atoms. The molecule has 0 unspecified atom stereocenters. The molecule has 0 fully saturated rings. The Bertz CT molecular complexity index is 643. The van der Waals surface area contributed by atoms with Crippen molar-refractivity contribution in [3.05, 3.63) is 70.7 Å². The number of hydrogen-bond donors (Lipinski definition) is 0. The molecule has 2 rings (SSSR count). The van der Waals surface area contributed by atoms with Crippen LogP contribution in [0.3, 0.4) is 0 Å². The van der Waals surface area contributed by atoms with E-state index in [9.17, 15) is 0 Å². The van der Waals surface area contributed by atoms with Crippen LogP contribution in [-0.4, -0.2) is 12.5 Å². The molecular formula is C18H18Cl2S. The third-order valence-electron chi connectivity index (χ3n) is 3.53. The fourth-order valence-electron chi connectivity index (χ4n) is 2.44. The van der Waals surface area contributed by atoms with Gasteiger partial charge in [-0.3, -0.25) is 0 Å². The predicted octanol–water partition coefficient (Wildman–Crippen LogP) is 6.76. The van der Waals surface area contributed by atoms with Crippen LogP contribution in [-0.2, 0) is 0 Å². The molecule has 0 atom stereocenters. The third-order valence-corrected chi connectivity index (χ3v) is 7.10. The summed E-state index contributed by atoms with van der Waals surface area (Å²) in [7, 11) is -1.28. The molecule has 3 heteroatoms. The highest BCUT2D eigenvalue weighted by molar-refractivity contribution is 8.32. The first kappa shape index (κ1) is 16.2. The van der Waals surface area contributed by atoms with Gasteiger partial charge in [0.2, 0.25) is 0 Å². The second-order valence-electron chi connectivity index (χ2n) is 5.04. The topological polar surface area (TPSA) is 0 Å². The molecule has 0 aliphatic rings. The lowest BCUT2D eigenvalue weighted by Gasteiger charge is -2.35. The van der Waals surface area contributed by atoms with Crippen molar-refractivity contribution in [1.29, 1.82) is 0 Å². The molecule has 0 heterocycles. The highest BCUT2D eigenvalue weighted by atomic mass is 35.5. The minimum atomic E-state index is -1.28. The summed E-state index contributed by atoms with van der Waals surface area (Å²) in [4.78, 5) is 2.41. The van der Waals surface area contributed by atoms with E-state index in [2.05, 4.69) is 37.8 Å². The zero-order valence-electron chi connectivity index (χ0n) is 12.2. The van der Waals surface area contributed by atoms with E-state index >= 15 is 0 Å². The maximum absolute atomic E-state index is 6.32. The maximum Gasteiger partial charge on any atom is 0.0488 e. The zero-order valence-corrected chi connectivity index (χ0v) is 14.5. The summed E-state index contributed by atoms with van der Waals surface area (Å²) in [6.45, 7) is 7.80. The fraction of sp³-hybridized carbons (Fsp3) is 0.111. The van der Waals surface area contributed by atoms with E-state index in [4.69, 9.17) is 23.2 Å². The lowest BCUT2D eigenvalue weighted by molar-refractivity contribution is 1.33. The Morgan fingerprint density at radius 2 is 1.19 bits per heavy atom. The van der Waals surface area contributed by atoms with E-state index < -0.39 is 10.0 Å². The number of hydrogen-bond acceptors (Lipinski definition) is 0. The van der Waals surface area contributed by atoms with Gasteiger partial charge in [0.25, 0.3) is 0 Å². The molecular weight excluding hydrogens is 319 g/mol. The second kappa shape index (κ2) is 6.31. The van der Waals surface area contributed by atoms with Crippen molar-refractivity contribution in [2.45, 2.75) is 9.79 Å². The molecule has 2 aromatic carbocycles. The Labute approximate surface area is 138 Å². The molecule has 0 saturated heterocycles. The Morgan fingerprint density at radius 1 is 0.810 bits per heavy atom. The summed E-state index contributed by atoms with van der Waals surface area (Å²) >= 11 is 12.6. The lowest BCUT2D eigenvalue weighted by Crippen LogP contribution is -2.02. The average Bonchev–Trinajstić information content (AvgIpc) is 2.46. The number of benzene rings is 2. The molecule has 110 valence electrons. The first-order chi connectivity index (χ1) is 9.93. The average molecular weight is 337 g/mol. The lowest BCUT2D eigenvalue weighted by atomic mass is 10.2. The van der Waals surface area contributed by atoms with Crippen molar-refractivity contribution in [2.24, 2.45) is 0 Å². The van der Waals surface area contributed by atoms with Gasteiger partial charge in [-0.05, 0) is 36.8 Å². The van der Waals surface area contributed by atoms with E-state index in [1.807, 2.05) is 36.4 Å². The third kappa shape index (κ3) is 2.91. The Kier molecular flexibility index (Phi) is 4.88. The van der Waals surface area contributed by atoms with E-state index in [-0.39, 0.29) is 0 Å². The van der Waals surface area contributed by atoms with Crippen LogP contribution >= 0.6 is 33.2 Å². The van der Waals surface area contributed by atoms with Crippen molar-refractivity contribution >= 4 is 45.4 Å². The maximum atomic E-state index is 6.32. The normalized spacial score (nSPS) is 12.0. The molecule has 0 radical (unpaired) electrons. The summed E-state index contributed by atoms with van der Waals surface area (Å²) in [6.07, 6.45) is 8.13. The molecule has 0 nitrogen and oxygen atoms in total. The van der Waals surface area contributed by atoms with Gasteiger partial charge in [-0.15, -0.1) is 0 Å². The second-order valence-corrected chi connectivity index (χ2v) is 9.39. The van der Waals surface area contributed by atoms with Gasteiger partial charge in [0.15, 0.2) is 0 Å². The molecule has 0 saturated carbocycles. The number of halogens is 2. The SMILES string of the molecule is C=Cc1c(Cl)cccc1S(C)(C)c1cccc(Cl)c1C=C. The van der Waals surface area contributed by atoms with Crippen LogP contribution in [0.5, 0.6) is 0 Å². The van der Waals surface area contributed by atoms with Gasteiger partial charge in [-0.1, -0.05) is 60.6 Å². The van der Waals surface area contributed by atoms with Crippen molar-refractivity contribution < 1.29 is 0 Å². The quantitative estimate of drug-likeness (QED) is 0.578. The van der Waals surface area contributed by atoms with Crippen molar-refractivity contribution in [2.75, 3.05) is 12.5 Å². The molecule has 0 aromatic heterocycles. The van der Waals surface area contributed by atoms with Crippen LogP contribution in [0.15, 0.2) is 59.3 Å². The molecule has 0 amide bonds. The van der Waals surface area contributed by atoms with Gasteiger partial charge in [-0.2, -0.15) is 10.0 Å². The Hall–Kier alpha value is -1.15. The minimum absolute atomic E-state index is 0.727. The van der Waals surface area contributed by atoms with Gasteiger partial charge in [0.1, 0.15) is 0 Å². The molecule has 0 aliphatic carbocycles. The molecule has 2 aromatic rings. The summed E-state index contributed by atoms with van der Waals surface area (Å²) < 4.78 is 0. The summed E-state index contributed by atoms with van der Waals surface area (Å²) in [5, 5.41) is 1.45. The van der Waals surface area contributed by atoms with Crippen molar-refractivity contribution in [3.8, 4) is 0 Å². The van der Waals surface area contributed by atoms with Crippen molar-refractivity contribution in [3.63, 3.8) is 0 Å². The van der Waals surface area contributed by atoms with Gasteiger partial charge in [0, 0.05) is 31.0 Å². The standard InChI is InChI=1S/C18H18Cl2S/c1-5-13-15(19)9-7-11-17(13)21(3,4)18-12-8-10-16(20)14(18)6-2/h5-12H,1-2H2,3-4H3. The highest BCUT2D eigenvalue weighted by Gasteiger charge is 2.24. The van der Waals surface area contributed by atoms with Crippen LogP contribution in [0.4, 0.5) is 0 Å². The van der Waals surface area contributed by atoms with E-state index in [0.717, 1.165) is 21.2 Å². The predicted molar refractivity (Wildman–Crippen MR) is 99.1 cm³/mol. The number of rotatable bonds is 4. The van der Waals surface area contributed by atoms with E-state index in [1.54, 1.807) is 0 Å².